The topological polar surface area (TPSA) is 43.2 Å². The molecule has 5 nitrogen and oxygen atoms in total. The Labute approximate surface area is 129 Å². The Bertz CT molecular complexity index is 840. The number of rotatable bonds is 3. The van der Waals surface area contributed by atoms with E-state index in [0.717, 1.165) is 42.2 Å². The third kappa shape index (κ3) is 2.09. The number of anilines is 1. The van der Waals surface area contributed by atoms with E-state index >= 15 is 0 Å². The van der Waals surface area contributed by atoms with Gasteiger partial charge in [-0.05, 0) is 23.3 Å². The molecular formula is C17H18N4O. The van der Waals surface area contributed by atoms with E-state index in [-0.39, 0.29) is 0 Å². The van der Waals surface area contributed by atoms with Crippen molar-refractivity contribution < 1.29 is 4.74 Å². The summed E-state index contributed by atoms with van der Waals surface area (Å²) in [4.78, 5) is 11.0. The first-order valence-corrected chi connectivity index (χ1v) is 7.44. The Kier molecular flexibility index (Phi) is 2.99. The number of aromatic nitrogens is 3. The second kappa shape index (κ2) is 5.02. The van der Waals surface area contributed by atoms with Crippen LogP contribution in [0.2, 0.25) is 0 Å². The van der Waals surface area contributed by atoms with Crippen LogP contribution in [0, 0.1) is 0 Å². The fourth-order valence-electron chi connectivity index (χ4n) is 3.06. The number of nitrogens with zero attached hydrogens (tertiary/aromatic N) is 4. The minimum absolute atomic E-state index is 0.797. The van der Waals surface area contributed by atoms with E-state index < -0.39 is 0 Å². The van der Waals surface area contributed by atoms with Crippen LogP contribution in [0.4, 0.5) is 5.82 Å². The molecule has 22 heavy (non-hydrogen) atoms. The summed E-state index contributed by atoms with van der Waals surface area (Å²) in [5, 5.41) is 1.08. The quantitative estimate of drug-likeness (QED) is 0.744. The lowest BCUT2D eigenvalue weighted by molar-refractivity contribution is 0.357. The highest BCUT2D eigenvalue weighted by atomic mass is 16.5. The van der Waals surface area contributed by atoms with Crippen molar-refractivity contribution in [3.8, 4) is 5.75 Å². The molecule has 0 bridgehead atoms. The van der Waals surface area contributed by atoms with Gasteiger partial charge in [-0.2, -0.15) is 0 Å². The van der Waals surface area contributed by atoms with Crippen LogP contribution in [-0.4, -0.2) is 28.2 Å². The van der Waals surface area contributed by atoms with Crippen molar-refractivity contribution in [1.29, 1.82) is 0 Å². The van der Waals surface area contributed by atoms with Crippen LogP contribution >= 0.6 is 0 Å². The monoisotopic (exact) mass is 294 g/mol. The van der Waals surface area contributed by atoms with Gasteiger partial charge in [0.1, 0.15) is 23.5 Å². The molecule has 0 saturated heterocycles. The van der Waals surface area contributed by atoms with Gasteiger partial charge >= 0.3 is 0 Å². The van der Waals surface area contributed by atoms with Crippen LogP contribution in [0.5, 0.6) is 5.75 Å². The minimum atomic E-state index is 0.797. The Morgan fingerprint density at radius 1 is 1.27 bits per heavy atom. The summed E-state index contributed by atoms with van der Waals surface area (Å²) in [6, 6.07) is 8.51. The summed E-state index contributed by atoms with van der Waals surface area (Å²) in [5.41, 5.74) is 3.53. The number of ether oxygens (including phenoxy) is 1. The van der Waals surface area contributed by atoms with E-state index in [0.29, 0.717) is 0 Å². The van der Waals surface area contributed by atoms with E-state index in [2.05, 4.69) is 46.2 Å². The maximum atomic E-state index is 5.57. The molecule has 1 aromatic carbocycles. The highest BCUT2D eigenvalue weighted by Gasteiger charge is 2.14. The first kappa shape index (κ1) is 13.1. The average molecular weight is 294 g/mol. The SMILES string of the molecule is CN(Cc1ccc2c(c1)CCO2)c1ncnc2c1ccn2C. The molecule has 5 heteroatoms. The van der Waals surface area contributed by atoms with E-state index in [1.807, 2.05) is 17.8 Å². The molecule has 0 atom stereocenters. The Balaban J connectivity index is 1.65. The average Bonchev–Trinajstić information content (AvgIpc) is 3.13. The molecule has 0 radical (unpaired) electrons. The minimum Gasteiger partial charge on any atom is -0.493 e. The van der Waals surface area contributed by atoms with Crippen LogP contribution in [0.25, 0.3) is 11.0 Å². The zero-order valence-electron chi connectivity index (χ0n) is 12.8. The van der Waals surface area contributed by atoms with Gasteiger partial charge in [-0.25, -0.2) is 9.97 Å². The number of aryl methyl sites for hydroxylation is 1. The van der Waals surface area contributed by atoms with Gasteiger partial charge in [0.2, 0.25) is 0 Å². The first-order valence-electron chi connectivity index (χ1n) is 7.44. The number of fused-ring (bicyclic) bond motifs is 2. The van der Waals surface area contributed by atoms with E-state index in [9.17, 15) is 0 Å². The van der Waals surface area contributed by atoms with Crippen molar-refractivity contribution in [2.75, 3.05) is 18.6 Å². The highest BCUT2D eigenvalue weighted by Crippen LogP contribution is 2.28. The third-order valence-corrected chi connectivity index (χ3v) is 4.18. The lowest BCUT2D eigenvalue weighted by atomic mass is 10.1. The Morgan fingerprint density at radius 2 is 2.18 bits per heavy atom. The molecule has 1 aliphatic rings. The number of benzene rings is 1. The smallest absolute Gasteiger partial charge is 0.145 e. The molecule has 0 aliphatic carbocycles. The molecule has 0 saturated carbocycles. The molecule has 1 aliphatic heterocycles. The predicted octanol–water partition coefficient (Wildman–Crippen LogP) is 2.54. The summed E-state index contributed by atoms with van der Waals surface area (Å²) in [7, 11) is 4.07. The molecule has 2 aromatic heterocycles. The largest absolute Gasteiger partial charge is 0.493 e. The molecular weight excluding hydrogens is 276 g/mol. The summed E-state index contributed by atoms with van der Waals surface area (Å²) in [5.74, 6) is 1.99. The van der Waals surface area contributed by atoms with Gasteiger partial charge < -0.3 is 14.2 Å². The van der Waals surface area contributed by atoms with Crippen LogP contribution < -0.4 is 9.64 Å². The molecule has 3 aromatic rings. The van der Waals surface area contributed by atoms with Gasteiger partial charge in [-0.1, -0.05) is 12.1 Å². The van der Waals surface area contributed by atoms with Crippen molar-refractivity contribution in [1.82, 2.24) is 14.5 Å². The van der Waals surface area contributed by atoms with Crippen LogP contribution in [0.1, 0.15) is 11.1 Å². The number of hydrogen-bond acceptors (Lipinski definition) is 4. The van der Waals surface area contributed by atoms with E-state index in [4.69, 9.17) is 4.74 Å². The highest BCUT2D eigenvalue weighted by molar-refractivity contribution is 5.87. The van der Waals surface area contributed by atoms with Gasteiger partial charge in [0.15, 0.2) is 0 Å². The van der Waals surface area contributed by atoms with Gasteiger partial charge in [-0.3, -0.25) is 0 Å². The molecule has 0 N–H and O–H groups in total. The van der Waals surface area contributed by atoms with Crippen molar-refractivity contribution in [2.24, 2.45) is 7.05 Å². The molecule has 3 heterocycles. The first-order chi connectivity index (χ1) is 10.7. The molecule has 112 valence electrons. The Hall–Kier alpha value is -2.56. The second-order valence-corrected chi connectivity index (χ2v) is 5.76. The van der Waals surface area contributed by atoms with Gasteiger partial charge in [0.05, 0.1) is 12.0 Å². The lowest BCUT2D eigenvalue weighted by Gasteiger charge is -2.19. The lowest BCUT2D eigenvalue weighted by Crippen LogP contribution is -2.18. The number of hydrogen-bond donors (Lipinski definition) is 0. The van der Waals surface area contributed by atoms with Crippen LogP contribution in [0.15, 0.2) is 36.8 Å². The Morgan fingerprint density at radius 3 is 3.09 bits per heavy atom. The molecule has 0 fully saturated rings. The summed E-state index contributed by atoms with van der Waals surface area (Å²) < 4.78 is 7.58. The zero-order valence-corrected chi connectivity index (χ0v) is 12.8. The summed E-state index contributed by atoms with van der Waals surface area (Å²) >= 11 is 0. The second-order valence-electron chi connectivity index (χ2n) is 5.76. The summed E-state index contributed by atoms with van der Waals surface area (Å²) in [6.45, 7) is 1.61. The fraction of sp³-hybridized carbons (Fsp3) is 0.294. The molecule has 0 spiro atoms. The molecule has 0 unspecified atom stereocenters. The van der Waals surface area contributed by atoms with Crippen molar-refractivity contribution in [3.05, 3.63) is 47.9 Å². The predicted molar refractivity (Wildman–Crippen MR) is 86.3 cm³/mol. The van der Waals surface area contributed by atoms with Crippen molar-refractivity contribution >= 4 is 16.9 Å². The zero-order chi connectivity index (χ0) is 15.1. The summed E-state index contributed by atoms with van der Waals surface area (Å²) in [6.07, 6.45) is 4.65. The molecule has 4 rings (SSSR count). The van der Waals surface area contributed by atoms with Gasteiger partial charge in [-0.15, -0.1) is 0 Å². The fourth-order valence-corrected chi connectivity index (χ4v) is 3.06. The van der Waals surface area contributed by atoms with Crippen LogP contribution in [0.3, 0.4) is 0 Å². The maximum absolute atomic E-state index is 5.57. The standard InChI is InChI=1S/C17H18N4O/c1-20-7-5-14-16(20)18-11-19-17(14)21(2)10-12-3-4-15-13(9-12)6-8-22-15/h3-5,7,9,11H,6,8,10H2,1-2H3. The van der Waals surface area contributed by atoms with Crippen molar-refractivity contribution in [2.45, 2.75) is 13.0 Å². The molecule has 0 amide bonds. The van der Waals surface area contributed by atoms with Gasteiger partial charge in [0, 0.05) is 33.3 Å². The van der Waals surface area contributed by atoms with E-state index in [1.54, 1.807) is 6.33 Å². The van der Waals surface area contributed by atoms with Crippen LogP contribution in [-0.2, 0) is 20.0 Å². The van der Waals surface area contributed by atoms with E-state index in [1.165, 1.54) is 11.1 Å². The van der Waals surface area contributed by atoms with Gasteiger partial charge in [0.25, 0.3) is 0 Å². The third-order valence-electron chi connectivity index (χ3n) is 4.18. The normalized spacial score (nSPS) is 13.2. The van der Waals surface area contributed by atoms with Crippen molar-refractivity contribution in [3.63, 3.8) is 0 Å². The maximum Gasteiger partial charge on any atom is 0.145 e.